The van der Waals surface area contributed by atoms with Gasteiger partial charge in [0.1, 0.15) is 18.1 Å². The van der Waals surface area contributed by atoms with E-state index in [1.54, 1.807) is 14.2 Å². The van der Waals surface area contributed by atoms with Crippen molar-refractivity contribution < 1.29 is 14.2 Å². The zero-order valence-electron chi connectivity index (χ0n) is 12.7. The fourth-order valence-corrected chi connectivity index (χ4v) is 1.62. The van der Waals surface area contributed by atoms with Gasteiger partial charge in [-0.25, -0.2) is 0 Å². The highest BCUT2D eigenvalue weighted by Crippen LogP contribution is 2.25. The highest BCUT2D eigenvalue weighted by atomic mass is 16.5. The molecule has 0 amide bonds. The van der Waals surface area contributed by atoms with Gasteiger partial charge < -0.3 is 19.5 Å². The lowest BCUT2D eigenvalue weighted by molar-refractivity contribution is 0.199. The number of benzene rings is 1. The van der Waals surface area contributed by atoms with Crippen LogP contribution in [-0.4, -0.2) is 34.0 Å². The molecule has 1 N–H and O–H groups in total. The Morgan fingerprint density at radius 2 is 2.10 bits per heavy atom. The Hall–Kier alpha value is -1.52. The molecule has 1 aromatic carbocycles. The molecule has 1 rings (SSSR count). The molecular formula is C16H25NO3. The lowest BCUT2D eigenvalue weighted by Gasteiger charge is -2.14. The first-order valence-corrected chi connectivity index (χ1v) is 6.87. The van der Waals surface area contributed by atoms with Crippen molar-refractivity contribution in [1.29, 1.82) is 0 Å². The minimum Gasteiger partial charge on any atom is -0.497 e. The lowest BCUT2D eigenvalue weighted by Crippen LogP contribution is -2.19. The zero-order valence-corrected chi connectivity index (χ0v) is 12.7. The third-order valence-electron chi connectivity index (χ3n) is 3.00. The predicted molar refractivity (Wildman–Crippen MR) is 81.5 cm³/mol. The summed E-state index contributed by atoms with van der Waals surface area (Å²) in [6, 6.07) is 5.87. The Labute approximate surface area is 121 Å². The largest absolute Gasteiger partial charge is 0.497 e. The predicted octanol–water partition coefficient (Wildman–Crippen LogP) is 2.78. The highest BCUT2D eigenvalue weighted by molar-refractivity contribution is 5.41. The smallest absolute Gasteiger partial charge is 0.127 e. The van der Waals surface area contributed by atoms with Crippen LogP contribution in [0.5, 0.6) is 11.5 Å². The van der Waals surface area contributed by atoms with Crippen LogP contribution in [0.1, 0.15) is 18.9 Å². The van der Waals surface area contributed by atoms with Crippen LogP contribution < -0.4 is 14.8 Å². The molecule has 0 heterocycles. The molecule has 20 heavy (non-hydrogen) atoms. The van der Waals surface area contributed by atoms with Crippen molar-refractivity contribution in [3.05, 3.63) is 35.9 Å². The molecule has 0 atom stereocenters. The Balaban J connectivity index is 2.67. The average molecular weight is 279 g/mol. The van der Waals surface area contributed by atoms with Gasteiger partial charge in [0, 0.05) is 31.8 Å². The lowest BCUT2D eigenvalue weighted by atomic mass is 10.2. The van der Waals surface area contributed by atoms with E-state index >= 15 is 0 Å². The third-order valence-corrected chi connectivity index (χ3v) is 3.00. The highest BCUT2D eigenvalue weighted by Gasteiger charge is 2.06. The molecule has 1 aromatic rings. The Morgan fingerprint density at radius 1 is 1.30 bits per heavy atom. The standard InChI is InChI=1S/C16H25NO3/c1-5-13(2)12-20-16-10-15(19-4)7-6-14(16)11-17-8-9-18-3/h6-7,10,17H,2,5,8-9,11-12H2,1,3-4H3. The molecule has 0 saturated heterocycles. The van der Waals surface area contributed by atoms with Gasteiger partial charge >= 0.3 is 0 Å². The molecule has 0 radical (unpaired) electrons. The second-order valence-corrected chi connectivity index (χ2v) is 4.54. The van der Waals surface area contributed by atoms with Crippen molar-refractivity contribution >= 4 is 0 Å². The molecule has 0 spiro atoms. The van der Waals surface area contributed by atoms with Gasteiger partial charge in [-0.15, -0.1) is 0 Å². The SMILES string of the molecule is C=C(CC)COc1cc(OC)ccc1CNCCOC. The summed E-state index contributed by atoms with van der Waals surface area (Å²) >= 11 is 0. The van der Waals surface area contributed by atoms with Crippen LogP contribution in [0.4, 0.5) is 0 Å². The molecule has 112 valence electrons. The van der Waals surface area contributed by atoms with Gasteiger partial charge in [-0.3, -0.25) is 0 Å². The van der Waals surface area contributed by atoms with Gasteiger partial charge in [0.05, 0.1) is 13.7 Å². The van der Waals surface area contributed by atoms with E-state index in [2.05, 4.69) is 18.8 Å². The molecule has 4 heteroatoms. The van der Waals surface area contributed by atoms with Gasteiger partial charge in [0.15, 0.2) is 0 Å². The topological polar surface area (TPSA) is 39.7 Å². The van der Waals surface area contributed by atoms with Crippen molar-refractivity contribution in [3.63, 3.8) is 0 Å². The summed E-state index contributed by atoms with van der Waals surface area (Å²) in [4.78, 5) is 0. The quantitative estimate of drug-likeness (QED) is 0.528. The maximum atomic E-state index is 5.84. The number of hydrogen-bond acceptors (Lipinski definition) is 4. The molecule has 0 aliphatic carbocycles. The van der Waals surface area contributed by atoms with Crippen LogP contribution >= 0.6 is 0 Å². The minimum absolute atomic E-state index is 0.536. The summed E-state index contributed by atoms with van der Waals surface area (Å²) in [5.41, 5.74) is 2.18. The van der Waals surface area contributed by atoms with Gasteiger partial charge in [0.25, 0.3) is 0 Å². The van der Waals surface area contributed by atoms with Crippen LogP contribution in [0, 0.1) is 0 Å². The summed E-state index contributed by atoms with van der Waals surface area (Å²) in [6.07, 6.45) is 0.922. The molecule has 0 fully saturated rings. The van der Waals surface area contributed by atoms with E-state index in [1.807, 2.05) is 18.2 Å². The van der Waals surface area contributed by atoms with Crippen molar-refractivity contribution in [3.8, 4) is 11.5 Å². The van der Waals surface area contributed by atoms with Crippen LogP contribution in [-0.2, 0) is 11.3 Å². The minimum atomic E-state index is 0.536. The Kier molecular flexibility index (Phi) is 7.77. The normalized spacial score (nSPS) is 10.3. The first kappa shape index (κ1) is 16.5. The monoisotopic (exact) mass is 279 g/mol. The van der Waals surface area contributed by atoms with Gasteiger partial charge in [-0.05, 0) is 18.1 Å². The molecule has 4 nitrogen and oxygen atoms in total. The van der Waals surface area contributed by atoms with Crippen LogP contribution in [0.3, 0.4) is 0 Å². The number of methoxy groups -OCH3 is 2. The summed E-state index contributed by atoms with van der Waals surface area (Å²) in [7, 11) is 3.35. The molecule has 0 unspecified atom stereocenters. The van der Waals surface area contributed by atoms with E-state index in [9.17, 15) is 0 Å². The summed E-state index contributed by atoms with van der Waals surface area (Å²) in [5.74, 6) is 1.63. The second kappa shape index (κ2) is 9.39. The first-order chi connectivity index (χ1) is 9.71. The maximum Gasteiger partial charge on any atom is 0.127 e. The second-order valence-electron chi connectivity index (χ2n) is 4.54. The Bertz CT molecular complexity index is 418. The van der Waals surface area contributed by atoms with Crippen molar-refractivity contribution in [1.82, 2.24) is 5.32 Å². The first-order valence-electron chi connectivity index (χ1n) is 6.87. The Morgan fingerprint density at radius 3 is 2.75 bits per heavy atom. The third kappa shape index (κ3) is 5.63. The zero-order chi connectivity index (χ0) is 14.8. The molecule has 0 aromatic heterocycles. The number of rotatable bonds is 10. The average Bonchev–Trinajstić information content (AvgIpc) is 2.49. The van der Waals surface area contributed by atoms with E-state index in [0.29, 0.717) is 13.2 Å². The van der Waals surface area contributed by atoms with E-state index < -0.39 is 0 Å². The molecule has 0 saturated carbocycles. The number of nitrogens with one attached hydrogen (secondary N) is 1. The van der Waals surface area contributed by atoms with Gasteiger partial charge in [0.2, 0.25) is 0 Å². The van der Waals surface area contributed by atoms with E-state index in [4.69, 9.17) is 14.2 Å². The van der Waals surface area contributed by atoms with Crippen molar-refractivity contribution in [2.24, 2.45) is 0 Å². The summed E-state index contributed by atoms with van der Waals surface area (Å²) in [6.45, 7) is 8.81. The van der Waals surface area contributed by atoms with Crippen LogP contribution in [0.15, 0.2) is 30.4 Å². The van der Waals surface area contributed by atoms with E-state index in [-0.39, 0.29) is 0 Å². The van der Waals surface area contributed by atoms with Crippen LogP contribution in [0.25, 0.3) is 0 Å². The maximum absolute atomic E-state index is 5.84. The molecule has 0 bridgehead atoms. The van der Waals surface area contributed by atoms with Crippen LogP contribution in [0.2, 0.25) is 0 Å². The van der Waals surface area contributed by atoms with Gasteiger partial charge in [-0.2, -0.15) is 0 Å². The van der Waals surface area contributed by atoms with Gasteiger partial charge in [-0.1, -0.05) is 19.6 Å². The fraction of sp³-hybridized carbons (Fsp3) is 0.500. The van der Waals surface area contributed by atoms with E-state index in [1.165, 1.54) is 0 Å². The summed E-state index contributed by atoms with van der Waals surface area (Å²) in [5, 5.41) is 3.31. The summed E-state index contributed by atoms with van der Waals surface area (Å²) < 4.78 is 16.1. The molecule has 0 aliphatic heterocycles. The fourth-order valence-electron chi connectivity index (χ4n) is 1.62. The number of hydrogen-bond donors (Lipinski definition) is 1. The van der Waals surface area contributed by atoms with E-state index in [0.717, 1.165) is 42.1 Å². The van der Waals surface area contributed by atoms with Crippen molar-refractivity contribution in [2.75, 3.05) is 34.0 Å². The molecule has 0 aliphatic rings. The van der Waals surface area contributed by atoms with Crippen molar-refractivity contribution in [2.45, 2.75) is 19.9 Å². The number of ether oxygens (including phenoxy) is 3. The molecular weight excluding hydrogens is 254 g/mol.